The van der Waals surface area contributed by atoms with Crippen molar-refractivity contribution in [2.45, 2.75) is 46.1 Å². The van der Waals surface area contributed by atoms with E-state index in [0.717, 1.165) is 25.8 Å². The van der Waals surface area contributed by atoms with E-state index < -0.39 is 5.97 Å². The Hall–Kier alpha value is -2.04. The third-order valence-corrected chi connectivity index (χ3v) is 5.19. The summed E-state index contributed by atoms with van der Waals surface area (Å²) < 4.78 is 5.13. The van der Waals surface area contributed by atoms with Crippen LogP contribution in [0.15, 0.2) is 24.3 Å². The van der Waals surface area contributed by atoms with Crippen LogP contribution in [0.3, 0.4) is 0 Å². The Morgan fingerprint density at radius 2 is 1.96 bits per heavy atom. The van der Waals surface area contributed by atoms with E-state index in [4.69, 9.17) is 4.74 Å². The smallest absolute Gasteiger partial charge is 0.342 e. The Kier molecular flexibility index (Phi) is 4.06. The van der Waals surface area contributed by atoms with E-state index in [1.165, 1.54) is 12.1 Å². The number of carbonyl (C=O) groups is 2. The molecule has 5 heteroatoms. The molecule has 0 radical (unpaired) electrons. The van der Waals surface area contributed by atoms with Gasteiger partial charge in [0.2, 0.25) is 0 Å². The first-order valence-electron chi connectivity index (χ1n) is 8.44. The van der Waals surface area contributed by atoms with Crippen LogP contribution in [-0.2, 0) is 9.53 Å². The molecule has 24 heavy (non-hydrogen) atoms. The Labute approximate surface area is 142 Å². The molecule has 130 valence electrons. The summed E-state index contributed by atoms with van der Waals surface area (Å²) in [4.78, 5) is 26.5. The number of phenolic OH excluding ortho intramolecular Hbond substituents is 1. The van der Waals surface area contributed by atoms with Crippen LogP contribution in [0, 0.1) is 10.8 Å². The minimum absolute atomic E-state index is 0.0820. The topological polar surface area (TPSA) is 66.8 Å². The fourth-order valence-corrected chi connectivity index (χ4v) is 4.69. The zero-order chi connectivity index (χ0) is 17.5. The van der Waals surface area contributed by atoms with Gasteiger partial charge in [0.15, 0.2) is 6.61 Å². The average Bonchev–Trinajstić information content (AvgIpc) is 2.74. The molecule has 2 fully saturated rings. The number of carbonyl (C=O) groups excluding carboxylic acids is 2. The SMILES string of the molecule is CC1(C)C[C@H]2C[C@@](C)(CN2C(=O)COC(=O)c2ccccc2O)C1. The van der Waals surface area contributed by atoms with Gasteiger partial charge in [0.05, 0.1) is 0 Å². The highest BCUT2D eigenvalue weighted by Crippen LogP contribution is 2.52. The maximum atomic E-state index is 12.5. The van der Waals surface area contributed by atoms with E-state index in [1.807, 2.05) is 4.90 Å². The van der Waals surface area contributed by atoms with Crippen LogP contribution in [0.2, 0.25) is 0 Å². The lowest BCUT2D eigenvalue weighted by Crippen LogP contribution is -2.39. The molecule has 1 aromatic carbocycles. The number of fused-ring (bicyclic) bond motifs is 2. The number of likely N-dealkylation sites (tertiary alicyclic amines) is 1. The fourth-order valence-electron chi connectivity index (χ4n) is 4.69. The summed E-state index contributed by atoms with van der Waals surface area (Å²) in [5.41, 5.74) is 0.474. The van der Waals surface area contributed by atoms with Crippen LogP contribution >= 0.6 is 0 Å². The molecule has 1 N–H and O–H groups in total. The van der Waals surface area contributed by atoms with Crippen molar-refractivity contribution >= 4 is 11.9 Å². The molecule has 0 spiro atoms. The van der Waals surface area contributed by atoms with Crippen molar-refractivity contribution in [2.24, 2.45) is 10.8 Å². The van der Waals surface area contributed by atoms with Gasteiger partial charge in [-0.25, -0.2) is 4.79 Å². The van der Waals surface area contributed by atoms with Gasteiger partial charge in [0.1, 0.15) is 11.3 Å². The summed E-state index contributed by atoms with van der Waals surface area (Å²) >= 11 is 0. The third-order valence-electron chi connectivity index (χ3n) is 5.19. The maximum Gasteiger partial charge on any atom is 0.342 e. The standard InChI is InChI=1S/C19H25NO4/c1-18(2)8-13-9-19(3,11-18)12-20(13)16(22)10-24-17(23)14-6-4-5-7-15(14)21/h4-7,13,21H,8-12H2,1-3H3/t13-,19+/m0/s1. The van der Waals surface area contributed by atoms with Gasteiger partial charge < -0.3 is 14.7 Å². The number of phenols is 1. The first-order valence-corrected chi connectivity index (χ1v) is 8.44. The number of esters is 1. The number of para-hydroxylation sites is 1. The number of hydrogen-bond acceptors (Lipinski definition) is 4. The molecule has 1 saturated heterocycles. The largest absolute Gasteiger partial charge is 0.507 e. The summed E-state index contributed by atoms with van der Waals surface area (Å²) in [5, 5.41) is 9.68. The van der Waals surface area contributed by atoms with Crippen molar-refractivity contribution in [3.8, 4) is 5.75 Å². The molecule has 3 rings (SSSR count). The normalized spacial score (nSPS) is 27.8. The molecule has 0 aromatic heterocycles. The van der Waals surface area contributed by atoms with Gasteiger partial charge in [-0.3, -0.25) is 4.79 Å². The van der Waals surface area contributed by atoms with Crippen molar-refractivity contribution < 1.29 is 19.4 Å². The highest BCUT2D eigenvalue weighted by atomic mass is 16.5. The van der Waals surface area contributed by atoms with Crippen LogP contribution in [0.1, 0.15) is 50.4 Å². The number of hydrogen-bond donors (Lipinski definition) is 1. The first kappa shape index (κ1) is 16.8. The quantitative estimate of drug-likeness (QED) is 0.865. The highest BCUT2D eigenvalue weighted by Gasteiger charge is 2.50. The van der Waals surface area contributed by atoms with Gasteiger partial charge in [0.25, 0.3) is 5.91 Å². The van der Waals surface area contributed by atoms with E-state index >= 15 is 0 Å². The Bertz CT molecular complexity index is 669. The van der Waals surface area contributed by atoms with Gasteiger partial charge in [-0.1, -0.05) is 32.9 Å². The van der Waals surface area contributed by atoms with Crippen LogP contribution < -0.4 is 0 Å². The minimum Gasteiger partial charge on any atom is -0.507 e. The second-order valence-corrected chi connectivity index (χ2v) is 8.33. The van der Waals surface area contributed by atoms with Gasteiger partial charge in [0, 0.05) is 12.6 Å². The van der Waals surface area contributed by atoms with E-state index in [0.29, 0.717) is 0 Å². The molecule has 5 nitrogen and oxygen atoms in total. The summed E-state index contributed by atoms with van der Waals surface area (Å²) in [7, 11) is 0. The van der Waals surface area contributed by atoms with Crippen LogP contribution in [0.5, 0.6) is 5.75 Å². The van der Waals surface area contributed by atoms with Crippen molar-refractivity contribution in [3.05, 3.63) is 29.8 Å². The molecule has 1 amide bonds. The molecule has 0 unspecified atom stereocenters. The van der Waals surface area contributed by atoms with Crippen LogP contribution in [0.4, 0.5) is 0 Å². The predicted octanol–water partition coefficient (Wildman–Crippen LogP) is 2.98. The lowest BCUT2D eigenvalue weighted by Gasteiger charge is -2.39. The molecular weight excluding hydrogens is 306 g/mol. The van der Waals surface area contributed by atoms with E-state index in [-0.39, 0.29) is 40.7 Å². The lowest BCUT2D eigenvalue weighted by atomic mass is 9.65. The zero-order valence-corrected chi connectivity index (χ0v) is 14.5. The Morgan fingerprint density at radius 3 is 2.67 bits per heavy atom. The second-order valence-electron chi connectivity index (χ2n) is 8.33. The van der Waals surface area contributed by atoms with Gasteiger partial charge >= 0.3 is 5.97 Å². The zero-order valence-electron chi connectivity index (χ0n) is 14.5. The number of rotatable bonds is 3. The second kappa shape index (κ2) is 5.80. The monoisotopic (exact) mass is 331 g/mol. The average molecular weight is 331 g/mol. The van der Waals surface area contributed by atoms with E-state index in [1.54, 1.807) is 12.1 Å². The number of amides is 1. The number of aromatic hydroxyl groups is 1. The molecule has 1 aromatic rings. The maximum absolute atomic E-state index is 12.5. The Morgan fingerprint density at radius 1 is 1.25 bits per heavy atom. The molecule has 1 saturated carbocycles. The van der Waals surface area contributed by atoms with E-state index in [9.17, 15) is 14.7 Å². The van der Waals surface area contributed by atoms with Crippen molar-refractivity contribution in [2.75, 3.05) is 13.2 Å². The molecule has 1 heterocycles. The molecule has 1 aliphatic heterocycles. The van der Waals surface area contributed by atoms with Gasteiger partial charge in [-0.2, -0.15) is 0 Å². The van der Waals surface area contributed by atoms with Gasteiger partial charge in [-0.15, -0.1) is 0 Å². The number of benzene rings is 1. The number of ether oxygens (including phenoxy) is 1. The summed E-state index contributed by atoms with van der Waals surface area (Å²) in [5.74, 6) is -0.957. The van der Waals surface area contributed by atoms with E-state index in [2.05, 4.69) is 20.8 Å². The highest BCUT2D eigenvalue weighted by molar-refractivity contribution is 5.93. The summed E-state index contributed by atoms with van der Waals surface area (Å²) in [6.45, 7) is 7.20. The van der Waals surface area contributed by atoms with Crippen molar-refractivity contribution in [1.29, 1.82) is 0 Å². The fraction of sp³-hybridized carbons (Fsp3) is 0.579. The van der Waals surface area contributed by atoms with Crippen molar-refractivity contribution in [1.82, 2.24) is 4.90 Å². The molecule has 2 bridgehead atoms. The van der Waals surface area contributed by atoms with Crippen LogP contribution in [0.25, 0.3) is 0 Å². The summed E-state index contributed by atoms with van der Waals surface area (Å²) in [6, 6.07) is 6.41. The van der Waals surface area contributed by atoms with Crippen molar-refractivity contribution in [3.63, 3.8) is 0 Å². The molecule has 2 aliphatic rings. The van der Waals surface area contributed by atoms with Crippen LogP contribution in [-0.4, -0.2) is 41.1 Å². The minimum atomic E-state index is -0.671. The molecule has 2 atom stereocenters. The first-order chi connectivity index (χ1) is 11.2. The Balaban J connectivity index is 1.62. The molecular formula is C19H25NO4. The molecule has 1 aliphatic carbocycles. The predicted molar refractivity (Wildman–Crippen MR) is 89.6 cm³/mol. The lowest BCUT2D eigenvalue weighted by molar-refractivity contribution is -0.135. The summed E-state index contributed by atoms with van der Waals surface area (Å²) in [6.07, 6.45) is 3.12. The number of nitrogens with zero attached hydrogens (tertiary/aromatic N) is 1. The van der Waals surface area contributed by atoms with Gasteiger partial charge in [-0.05, 0) is 42.2 Å². The third kappa shape index (κ3) is 3.25.